The number of nitrogens with zero attached hydrogens (tertiary/aromatic N) is 2. The van der Waals surface area contributed by atoms with Crippen molar-refractivity contribution in [2.75, 3.05) is 0 Å². The van der Waals surface area contributed by atoms with Gasteiger partial charge in [-0.05, 0) is 19.1 Å². The molecule has 0 aliphatic heterocycles. The van der Waals surface area contributed by atoms with Crippen LogP contribution in [0.1, 0.15) is 22.4 Å². The number of hydrogen-bond acceptors (Lipinski definition) is 4. The minimum Gasteiger partial charge on any atom is -0.322 e. The molecule has 0 bridgehead atoms. The summed E-state index contributed by atoms with van der Waals surface area (Å²) in [5.41, 5.74) is 7.82. The molecule has 2 N–H and O–H groups in total. The van der Waals surface area contributed by atoms with Crippen molar-refractivity contribution in [3.63, 3.8) is 0 Å². The van der Waals surface area contributed by atoms with Crippen molar-refractivity contribution in [2.45, 2.75) is 19.4 Å². The van der Waals surface area contributed by atoms with E-state index in [2.05, 4.69) is 9.97 Å². The van der Waals surface area contributed by atoms with Gasteiger partial charge in [0.15, 0.2) is 0 Å². The van der Waals surface area contributed by atoms with Crippen molar-refractivity contribution in [1.82, 2.24) is 9.97 Å². The van der Waals surface area contributed by atoms with Crippen LogP contribution < -0.4 is 5.73 Å². The first kappa shape index (κ1) is 11.5. The Labute approximate surface area is 103 Å². The molecule has 2 rings (SSSR count). The molecule has 5 heteroatoms. The van der Waals surface area contributed by atoms with E-state index in [1.54, 1.807) is 29.7 Å². The summed E-state index contributed by atoms with van der Waals surface area (Å²) < 4.78 is 0. The molecule has 84 valence electrons. The van der Waals surface area contributed by atoms with Crippen LogP contribution in [0.5, 0.6) is 0 Å². The Bertz CT molecular complexity index is 484. The minimum absolute atomic E-state index is 0.195. The fraction of sp³-hybridized carbons (Fsp3) is 0.273. The maximum absolute atomic E-state index is 6.06. The summed E-state index contributed by atoms with van der Waals surface area (Å²) in [5.74, 6) is 0. The van der Waals surface area contributed by atoms with Gasteiger partial charge in [-0.3, -0.25) is 4.98 Å². The van der Waals surface area contributed by atoms with Crippen LogP contribution in [0, 0.1) is 6.92 Å². The van der Waals surface area contributed by atoms with Crippen molar-refractivity contribution < 1.29 is 0 Å². The highest BCUT2D eigenvalue weighted by molar-refractivity contribution is 7.09. The van der Waals surface area contributed by atoms with E-state index >= 15 is 0 Å². The molecule has 0 amide bonds. The lowest BCUT2D eigenvalue weighted by Crippen LogP contribution is -2.15. The number of rotatable bonds is 3. The van der Waals surface area contributed by atoms with E-state index in [1.165, 1.54) is 0 Å². The monoisotopic (exact) mass is 253 g/mol. The van der Waals surface area contributed by atoms with Gasteiger partial charge >= 0.3 is 0 Å². The molecule has 1 unspecified atom stereocenters. The highest BCUT2D eigenvalue weighted by Crippen LogP contribution is 2.22. The second-order valence-electron chi connectivity index (χ2n) is 3.56. The Balaban J connectivity index is 2.14. The molecular formula is C11H12ClN3S. The lowest BCUT2D eigenvalue weighted by molar-refractivity contribution is 0.692. The van der Waals surface area contributed by atoms with Gasteiger partial charge in [0.25, 0.3) is 0 Å². The summed E-state index contributed by atoms with van der Waals surface area (Å²) in [6, 6.07) is 3.41. The standard InChI is InChI=1S/C11H12ClN3S/c1-7-6-16-10(15-7)5-9(13)11-8(12)3-2-4-14-11/h2-4,6,9H,5,13H2,1H3. The van der Waals surface area contributed by atoms with E-state index in [-0.39, 0.29) is 6.04 Å². The first-order valence-corrected chi connectivity index (χ1v) is 6.19. The van der Waals surface area contributed by atoms with E-state index in [0.717, 1.165) is 16.4 Å². The van der Waals surface area contributed by atoms with Gasteiger partial charge in [-0.15, -0.1) is 11.3 Å². The topological polar surface area (TPSA) is 51.8 Å². The Morgan fingerprint density at radius 3 is 3.00 bits per heavy atom. The summed E-state index contributed by atoms with van der Waals surface area (Å²) in [5, 5.41) is 3.65. The molecule has 2 aromatic rings. The van der Waals surface area contributed by atoms with Crippen LogP contribution in [0.15, 0.2) is 23.7 Å². The van der Waals surface area contributed by atoms with Crippen molar-refractivity contribution in [2.24, 2.45) is 5.73 Å². The van der Waals surface area contributed by atoms with Crippen molar-refractivity contribution >= 4 is 22.9 Å². The molecule has 0 radical (unpaired) electrons. The molecule has 0 saturated heterocycles. The van der Waals surface area contributed by atoms with E-state index < -0.39 is 0 Å². The van der Waals surface area contributed by atoms with E-state index in [9.17, 15) is 0 Å². The summed E-state index contributed by atoms with van der Waals surface area (Å²) in [4.78, 5) is 8.57. The number of halogens is 1. The van der Waals surface area contributed by atoms with Crippen LogP contribution in [0.3, 0.4) is 0 Å². The van der Waals surface area contributed by atoms with Crippen LogP contribution in [-0.2, 0) is 6.42 Å². The molecule has 2 heterocycles. The molecule has 0 aliphatic carbocycles. The number of nitrogens with two attached hydrogens (primary N) is 1. The zero-order valence-electron chi connectivity index (χ0n) is 8.85. The van der Waals surface area contributed by atoms with E-state index in [1.807, 2.05) is 12.3 Å². The fourth-order valence-corrected chi connectivity index (χ4v) is 2.55. The third kappa shape index (κ3) is 2.58. The summed E-state index contributed by atoms with van der Waals surface area (Å²) in [6.07, 6.45) is 2.38. The SMILES string of the molecule is Cc1csc(CC(N)c2ncccc2Cl)n1. The molecule has 0 saturated carbocycles. The van der Waals surface area contributed by atoms with Gasteiger partial charge in [-0.1, -0.05) is 11.6 Å². The number of hydrogen-bond donors (Lipinski definition) is 1. The van der Waals surface area contributed by atoms with Crippen LogP contribution in [0.25, 0.3) is 0 Å². The van der Waals surface area contributed by atoms with Gasteiger partial charge in [-0.2, -0.15) is 0 Å². The molecule has 0 fully saturated rings. The maximum Gasteiger partial charge on any atom is 0.0947 e. The highest BCUT2D eigenvalue weighted by atomic mass is 35.5. The lowest BCUT2D eigenvalue weighted by atomic mass is 10.1. The molecule has 3 nitrogen and oxygen atoms in total. The van der Waals surface area contributed by atoms with Crippen molar-refractivity contribution in [3.8, 4) is 0 Å². The van der Waals surface area contributed by atoms with Crippen LogP contribution >= 0.6 is 22.9 Å². The molecule has 0 aliphatic rings. The highest BCUT2D eigenvalue weighted by Gasteiger charge is 2.13. The average molecular weight is 254 g/mol. The number of thiazole rings is 1. The van der Waals surface area contributed by atoms with E-state index in [0.29, 0.717) is 11.4 Å². The molecule has 0 aromatic carbocycles. The second kappa shape index (κ2) is 4.91. The molecule has 1 atom stereocenters. The third-order valence-corrected chi connectivity index (χ3v) is 3.51. The summed E-state index contributed by atoms with van der Waals surface area (Å²) >= 11 is 7.65. The van der Waals surface area contributed by atoms with Gasteiger partial charge in [0, 0.05) is 23.7 Å². The van der Waals surface area contributed by atoms with Crippen LogP contribution in [0.4, 0.5) is 0 Å². The fourth-order valence-electron chi connectivity index (χ4n) is 1.45. The smallest absolute Gasteiger partial charge is 0.0947 e. The lowest BCUT2D eigenvalue weighted by Gasteiger charge is -2.10. The first-order valence-electron chi connectivity index (χ1n) is 4.94. The first-order chi connectivity index (χ1) is 7.66. The van der Waals surface area contributed by atoms with Gasteiger partial charge in [0.05, 0.1) is 21.8 Å². The minimum atomic E-state index is -0.195. The zero-order valence-corrected chi connectivity index (χ0v) is 10.4. The normalized spacial score (nSPS) is 12.7. The summed E-state index contributed by atoms with van der Waals surface area (Å²) in [7, 11) is 0. The third-order valence-electron chi connectivity index (χ3n) is 2.20. The van der Waals surface area contributed by atoms with E-state index in [4.69, 9.17) is 17.3 Å². The predicted octanol–water partition coefficient (Wildman–Crippen LogP) is 2.74. The van der Waals surface area contributed by atoms with Crippen molar-refractivity contribution in [1.29, 1.82) is 0 Å². The maximum atomic E-state index is 6.06. The molecule has 2 aromatic heterocycles. The predicted molar refractivity (Wildman–Crippen MR) is 66.7 cm³/mol. The van der Waals surface area contributed by atoms with Crippen LogP contribution in [-0.4, -0.2) is 9.97 Å². The van der Waals surface area contributed by atoms with Gasteiger partial charge in [-0.25, -0.2) is 4.98 Å². The number of pyridine rings is 1. The Morgan fingerprint density at radius 1 is 1.56 bits per heavy atom. The Hall–Kier alpha value is -0.970. The summed E-state index contributed by atoms with van der Waals surface area (Å²) in [6.45, 7) is 1.97. The van der Waals surface area contributed by atoms with Crippen LogP contribution in [0.2, 0.25) is 5.02 Å². The number of aryl methyl sites for hydroxylation is 1. The van der Waals surface area contributed by atoms with Gasteiger partial charge in [0.1, 0.15) is 0 Å². The largest absolute Gasteiger partial charge is 0.322 e. The zero-order chi connectivity index (χ0) is 11.5. The van der Waals surface area contributed by atoms with Crippen molar-refractivity contribution in [3.05, 3.63) is 45.1 Å². The molecular weight excluding hydrogens is 242 g/mol. The molecule has 16 heavy (non-hydrogen) atoms. The van der Waals surface area contributed by atoms with Gasteiger partial charge < -0.3 is 5.73 Å². The Morgan fingerprint density at radius 2 is 2.38 bits per heavy atom. The average Bonchev–Trinajstić information content (AvgIpc) is 2.64. The second-order valence-corrected chi connectivity index (χ2v) is 4.91. The quantitative estimate of drug-likeness (QED) is 0.915. The molecule has 0 spiro atoms. The Kier molecular flexibility index (Phi) is 3.53. The van der Waals surface area contributed by atoms with Gasteiger partial charge in [0.2, 0.25) is 0 Å². The number of aromatic nitrogens is 2.